The lowest BCUT2D eigenvalue weighted by Gasteiger charge is -2.23. The molecule has 0 saturated heterocycles. The highest BCUT2D eigenvalue weighted by Crippen LogP contribution is 2.34. The van der Waals surface area contributed by atoms with Crippen molar-refractivity contribution in [2.24, 2.45) is 5.41 Å². The summed E-state index contributed by atoms with van der Waals surface area (Å²) in [4.78, 5) is 1.30. The molecule has 1 rings (SSSR count). The van der Waals surface area contributed by atoms with Gasteiger partial charge in [0, 0.05) is 10.9 Å². The second-order valence-electron chi connectivity index (χ2n) is 5.74. The zero-order chi connectivity index (χ0) is 12.9. The van der Waals surface area contributed by atoms with Crippen molar-refractivity contribution in [1.82, 2.24) is 5.32 Å². The van der Waals surface area contributed by atoms with Crippen LogP contribution in [0.1, 0.15) is 57.9 Å². The Balaban J connectivity index is 2.64. The summed E-state index contributed by atoms with van der Waals surface area (Å²) in [6.45, 7) is 10.1. The van der Waals surface area contributed by atoms with Gasteiger partial charge >= 0.3 is 0 Å². The lowest BCUT2D eigenvalue weighted by Crippen LogP contribution is -2.23. The molecule has 0 aliphatic heterocycles. The van der Waals surface area contributed by atoms with Gasteiger partial charge in [-0.15, -0.1) is 11.3 Å². The molecule has 1 nitrogen and oxygen atoms in total. The van der Waals surface area contributed by atoms with E-state index in [1.165, 1.54) is 11.3 Å². The first-order chi connectivity index (χ1) is 7.94. The van der Waals surface area contributed by atoms with E-state index in [0.717, 1.165) is 24.4 Å². The third-order valence-corrected chi connectivity index (χ3v) is 4.26. The van der Waals surface area contributed by atoms with Gasteiger partial charge in [-0.3, -0.25) is 0 Å². The molecule has 98 valence electrons. The predicted molar refractivity (Wildman–Crippen MR) is 79.1 cm³/mol. The van der Waals surface area contributed by atoms with E-state index in [4.69, 9.17) is 11.6 Å². The third-order valence-electron chi connectivity index (χ3n) is 2.79. The zero-order valence-electron chi connectivity index (χ0n) is 11.3. The fourth-order valence-electron chi connectivity index (χ4n) is 1.78. The van der Waals surface area contributed by atoms with Gasteiger partial charge in [0.05, 0.1) is 5.02 Å². The first-order valence-corrected chi connectivity index (χ1v) is 7.66. The van der Waals surface area contributed by atoms with Crippen molar-refractivity contribution in [3.63, 3.8) is 0 Å². The molecule has 1 unspecified atom stereocenters. The summed E-state index contributed by atoms with van der Waals surface area (Å²) in [6, 6.07) is 2.42. The molecule has 0 bridgehead atoms. The molecule has 1 aromatic rings. The van der Waals surface area contributed by atoms with Crippen molar-refractivity contribution in [3.05, 3.63) is 21.3 Å². The van der Waals surface area contributed by atoms with Crippen molar-refractivity contribution in [3.8, 4) is 0 Å². The van der Waals surface area contributed by atoms with Crippen molar-refractivity contribution < 1.29 is 0 Å². The molecule has 1 aromatic heterocycles. The largest absolute Gasteiger partial charge is 0.309 e. The monoisotopic (exact) mass is 273 g/mol. The van der Waals surface area contributed by atoms with Crippen LogP contribution in [0.4, 0.5) is 0 Å². The minimum absolute atomic E-state index is 0.385. The van der Waals surface area contributed by atoms with Gasteiger partial charge in [0.25, 0.3) is 0 Å². The van der Waals surface area contributed by atoms with Crippen LogP contribution in [0.2, 0.25) is 5.02 Å². The summed E-state index contributed by atoms with van der Waals surface area (Å²) in [5.74, 6) is 0. The van der Waals surface area contributed by atoms with E-state index in [1.54, 1.807) is 11.3 Å². The molecule has 0 fully saturated rings. The Kier molecular flexibility index (Phi) is 5.98. The molecule has 0 amide bonds. The molecule has 17 heavy (non-hydrogen) atoms. The smallest absolute Gasteiger partial charge is 0.0561 e. The highest BCUT2D eigenvalue weighted by molar-refractivity contribution is 7.10. The van der Waals surface area contributed by atoms with Crippen molar-refractivity contribution in [2.75, 3.05) is 6.54 Å². The molecular formula is C14H24ClNS. The normalized spacial score (nSPS) is 13.9. The van der Waals surface area contributed by atoms with E-state index < -0.39 is 0 Å². The van der Waals surface area contributed by atoms with E-state index in [0.29, 0.717) is 11.5 Å². The molecule has 0 aliphatic carbocycles. The van der Waals surface area contributed by atoms with Crippen LogP contribution in [-0.4, -0.2) is 6.54 Å². The second-order valence-corrected chi connectivity index (χ2v) is 7.09. The Bertz CT molecular complexity index is 327. The zero-order valence-corrected chi connectivity index (χ0v) is 12.9. The van der Waals surface area contributed by atoms with Crippen LogP contribution in [-0.2, 0) is 0 Å². The van der Waals surface area contributed by atoms with Crippen LogP contribution in [0.5, 0.6) is 0 Å². The van der Waals surface area contributed by atoms with Crippen LogP contribution in [0, 0.1) is 5.41 Å². The number of thiophene rings is 1. The predicted octanol–water partition coefficient (Wildman–Crippen LogP) is 5.27. The van der Waals surface area contributed by atoms with Gasteiger partial charge in [-0.1, -0.05) is 39.3 Å². The SMILES string of the molecule is CCCNC(CCC(C)(C)C)c1sccc1Cl. The third kappa shape index (κ3) is 5.41. The molecule has 0 spiro atoms. The quantitative estimate of drug-likeness (QED) is 0.745. The Morgan fingerprint density at radius 3 is 2.59 bits per heavy atom. The fraction of sp³-hybridized carbons (Fsp3) is 0.714. The lowest BCUT2D eigenvalue weighted by molar-refractivity contribution is 0.333. The van der Waals surface area contributed by atoms with E-state index in [-0.39, 0.29) is 0 Å². The van der Waals surface area contributed by atoms with Gasteiger partial charge in [0.15, 0.2) is 0 Å². The maximum absolute atomic E-state index is 6.23. The summed E-state index contributed by atoms with van der Waals surface area (Å²) >= 11 is 8.00. The minimum Gasteiger partial charge on any atom is -0.309 e. The highest BCUT2D eigenvalue weighted by atomic mass is 35.5. The van der Waals surface area contributed by atoms with Gasteiger partial charge in [0.1, 0.15) is 0 Å². The van der Waals surface area contributed by atoms with Gasteiger partial charge in [-0.25, -0.2) is 0 Å². The summed E-state index contributed by atoms with van der Waals surface area (Å²) < 4.78 is 0. The average molecular weight is 274 g/mol. The molecule has 1 N–H and O–H groups in total. The topological polar surface area (TPSA) is 12.0 Å². The standard InChI is InChI=1S/C14H24ClNS/c1-5-9-16-12(6-8-14(2,3)4)13-11(15)7-10-17-13/h7,10,12,16H,5-6,8-9H2,1-4H3. The number of nitrogens with one attached hydrogen (secondary N) is 1. The molecular weight excluding hydrogens is 250 g/mol. The van der Waals surface area contributed by atoms with Crippen molar-refractivity contribution in [1.29, 1.82) is 0 Å². The van der Waals surface area contributed by atoms with Gasteiger partial charge in [0.2, 0.25) is 0 Å². The van der Waals surface area contributed by atoms with E-state index >= 15 is 0 Å². The van der Waals surface area contributed by atoms with Crippen molar-refractivity contribution in [2.45, 2.75) is 53.0 Å². The van der Waals surface area contributed by atoms with Crippen molar-refractivity contribution >= 4 is 22.9 Å². The number of rotatable bonds is 6. The number of hydrogen-bond acceptors (Lipinski definition) is 2. The Hall–Kier alpha value is -0.0500. The number of hydrogen-bond donors (Lipinski definition) is 1. The molecule has 3 heteroatoms. The van der Waals surface area contributed by atoms with Crippen LogP contribution >= 0.6 is 22.9 Å². The molecule has 0 radical (unpaired) electrons. The Labute approximate surface area is 115 Å². The molecule has 0 saturated carbocycles. The summed E-state index contributed by atoms with van der Waals surface area (Å²) in [7, 11) is 0. The van der Waals surface area contributed by atoms with Crippen LogP contribution < -0.4 is 5.32 Å². The van der Waals surface area contributed by atoms with E-state index in [2.05, 4.69) is 38.4 Å². The highest BCUT2D eigenvalue weighted by Gasteiger charge is 2.19. The molecule has 0 aliphatic rings. The Morgan fingerprint density at radius 1 is 1.41 bits per heavy atom. The van der Waals surface area contributed by atoms with E-state index in [1.807, 2.05) is 6.07 Å². The lowest BCUT2D eigenvalue weighted by atomic mass is 9.88. The fourth-order valence-corrected chi connectivity index (χ4v) is 3.08. The average Bonchev–Trinajstić information content (AvgIpc) is 2.63. The maximum atomic E-state index is 6.23. The minimum atomic E-state index is 0.385. The first kappa shape index (κ1) is 15.0. The van der Waals surface area contributed by atoms with Gasteiger partial charge in [-0.2, -0.15) is 0 Å². The van der Waals surface area contributed by atoms with Gasteiger partial charge in [-0.05, 0) is 42.7 Å². The summed E-state index contributed by atoms with van der Waals surface area (Å²) in [5.41, 5.74) is 0.385. The maximum Gasteiger partial charge on any atom is 0.0561 e. The molecule has 1 heterocycles. The first-order valence-electron chi connectivity index (χ1n) is 6.40. The molecule has 1 atom stereocenters. The summed E-state index contributed by atoms with van der Waals surface area (Å²) in [6.07, 6.45) is 3.53. The summed E-state index contributed by atoms with van der Waals surface area (Å²) in [5, 5.41) is 6.60. The Morgan fingerprint density at radius 2 is 2.12 bits per heavy atom. The molecule has 0 aromatic carbocycles. The second kappa shape index (κ2) is 6.77. The van der Waals surface area contributed by atoms with E-state index in [9.17, 15) is 0 Å². The van der Waals surface area contributed by atoms with Crippen LogP contribution in [0.3, 0.4) is 0 Å². The van der Waals surface area contributed by atoms with Crippen LogP contribution in [0.25, 0.3) is 0 Å². The number of halogens is 1. The van der Waals surface area contributed by atoms with Crippen LogP contribution in [0.15, 0.2) is 11.4 Å². The van der Waals surface area contributed by atoms with Gasteiger partial charge < -0.3 is 5.32 Å².